The predicted molar refractivity (Wildman–Crippen MR) is 79.1 cm³/mol. The minimum absolute atomic E-state index is 0.331. The topological polar surface area (TPSA) is 39.1 Å². The number of aryl methyl sites for hydroxylation is 1. The van der Waals surface area contributed by atoms with Crippen LogP contribution in [0.2, 0.25) is 19.6 Å². The van der Waals surface area contributed by atoms with Gasteiger partial charge in [-0.1, -0.05) is 19.6 Å². The Hall–Kier alpha value is -1.28. The van der Waals surface area contributed by atoms with Gasteiger partial charge in [0.25, 0.3) is 9.84 Å². The Morgan fingerprint density at radius 2 is 1.67 bits per heavy atom. The third-order valence-electron chi connectivity index (χ3n) is 3.37. The van der Waals surface area contributed by atoms with Crippen molar-refractivity contribution in [2.24, 2.45) is 7.05 Å². The molecule has 0 aliphatic rings. The maximum atomic E-state index is 12.9. The number of halogens is 3. The van der Waals surface area contributed by atoms with Gasteiger partial charge in [-0.25, -0.2) is 8.42 Å². The van der Waals surface area contributed by atoms with E-state index in [0.717, 1.165) is 11.6 Å². The van der Waals surface area contributed by atoms with Crippen LogP contribution in [0.4, 0.5) is 13.2 Å². The van der Waals surface area contributed by atoms with Crippen LogP contribution in [-0.2, 0) is 16.9 Å². The summed E-state index contributed by atoms with van der Waals surface area (Å²) < 4.78 is 64.2. The van der Waals surface area contributed by atoms with Crippen LogP contribution in [-0.4, -0.2) is 26.6 Å². The summed E-state index contributed by atoms with van der Waals surface area (Å²) in [4.78, 5) is -0.604. The first-order valence-electron chi connectivity index (χ1n) is 6.27. The highest BCUT2D eigenvalue weighted by atomic mass is 32.2. The molecule has 1 heterocycles. The van der Waals surface area contributed by atoms with Crippen LogP contribution in [0.15, 0.2) is 29.3 Å². The molecule has 116 valence electrons. The van der Waals surface area contributed by atoms with E-state index in [1.807, 2.05) is 19.6 Å². The van der Waals surface area contributed by atoms with Gasteiger partial charge in [0.1, 0.15) is 0 Å². The van der Waals surface area contributed by atoms with Crippen molar-refractivity contribution in [3.05, 3.63) is 24.4 Å². The van der Waals surface area contributed by atoms with Crippen molar-refractivity contribution in [1.29, 1.82) is 0 Å². The Bertz CT molecular complexity index is 801. The van der Waals surface area contributed by atoms with Gasteiger partial charge in [-0.15, -0.1) is 0 Å². The molecule has 0 fully saturated rings. The Morgan fingerprint density at radius 3 is 2.14 bits per heavy atom. The predicted octanol–water partition coefficient (Wildman–Crippen LogP) is 3.02. The third-order valence-corrected chi connectivity index (χ3v) is 7.12. The highest BCUT2D eigenvalue weighted by Gasteiger charge is 2.49. The lowest BCUT2D eigenvalue weighted by atomic mass is 10.2. The zero-order chi connectivity index (χ0) is 16.2. The molecule has 0 amide bonds. The van der Waals surface area contributed by atoms with E-state index in [0.29, 0.717) is 10.6 Å². The molecule has 0 N–H and O–H groups in total. The Morgan fingerprint density at radius 1 is 1.10 bits per heavy atom. The molecule has 0 unspecified atom stereocenters. The molecular weight excluding hydrogens is 319 g/mol. The van der Waals surface area contributed by atoms with Crippen LogP contribution in [0.1, 0.15) is 0 Å². The van der Waals surface area contributed by atoms with Gasteiger partial charge in [-0.05, 0) is 23.4 Å². The normalized spacial score (nSPS) is 13.9. The molecule has 2 aromatic rings. The van der Waals surface area contributed by atoms with E-state index >= 15 is 0 Å². The fourth-order valence-electron chi connectivity index (χ4n) is 2.45. The van der Waals surface area contributed by atoms with E-state index in [4.69, 9.17) is 0 Å². The SMILES string of the molecule is Cn1ccc2c([Si](C)(C)C)c(S(=O)(=O)C(F)(F)F)ccc21. The van der Waals surface area contributed by atoms with E-state index in [1.54, 1.807) is 23.9 Å². The first-order chi connectivity index (χ1) is 9.37. The van der Waals surface area contributed by atoms with Gasteiger partial charge < -0.3 is 4.57 Å². The number of benzene rings is 1. The van der Waals surface area contributed by atoms with Gasteiger partial charge in [0.2, 0.25) is 0 Å². The van der Waals surface area contributed by atoms with E-state index < -0.39 is 28.3 Å². The zero-order valence-electron chi connectivity index (χ0n) is 12.1. The monoisotopic (exact) mass is 335 g/mol. The number of nitrogens with zero attached hydrogens (tertiary/aromatic N) is 1. The fourth-order valence-corrected chi connectivity index (χ4v) is 6.49. The summed E-state index contributed by atoms with van der Waals surface area (Å²) in [6.07, 6.45) is 1.72. The molecule has 0 aliphatic heterocycles. The maximum absolute atomic E-state index is 12.9. The van der Waals surface area contributed by atoms with Gasteiger partial charge >= 0.3 is 5.51 Å². The lowest BCUT2D eigenvalue weighted by molar-refractivity contribution is -0.0435. The molecule has 8 heteroatoms. The van der Waals surface area contributed by atoms with Crippen molar-refractivity contribution in [3.8, 4) is 0 Å². The van der Waals surface area contributed by atoms with E-state index in [9.17, 15) is 21.6 Å². The fraction of sp³-hybridized carbons (Fsp3) is 0.385. The van der Waals surface area contributed by atoms with Crippen LogP contribution >= 0.6 is 0 Å². The van der Waals surface area contributed by atoms with Crippen molar-refractivity contribution in [2.75, 3.05) is 0 Å². The van der Waals surface area contributed by atoms with Crippen molar-refractivity contribution in [1.82, 2.24) is 4.57 Å². The molecule has 2 rings (SSSR count). The average molecular weight is 335 g/mol. The molecule has 0 radical (unpaired) electrons. The van der Waals surface area contributed by atoms with Crippen LogP contribution in [0.25, 0.3) is 10.9 Å². The molecule has 1 aromatic carbocycles. The van der Waals surface area contributed by atoms with E-state index in [1.165, 1.54) is 6.07 Å². The summed E-state index contributed by atoms with van der Waals surface area (Å²) in [7, 11) is -5.88. The molecule has 0 bridgehead atoms. The third kappa shape index (κ3) is 2.50. The van der Waals surface area contributed by atoms with Crippen molar-refractivity contribution in [2.45, 2.75) is 30.0 Å². The number of rotatable bonds is 2. The number of fused-ring (bicyclic) bond motifs is 1. The largest absolute Gasteiger partial charge is 0.501 e. The van der Waals surface area contributed by atoms with Crippen molar-refractivity contribution in [3.63, 3.8) is 0 Å². The maximum Gasteiger partial charge on any atom is 0.501 e. The summed E-state index contributed by atoms with van der Waals surface area (Å²) in [6, 6.07) is 4.19. The van der Waals surface area contributed by atoms with E-state index in [-0.39, 0.29) is 0 Å². The first-order valence-corrected chi connectivity index (χ1v) is 11.3. The molecule has 3 nitrogen and oxygen atoms in total. The van der Waals surface area contributed by atoms with Crippen LogP contribution < -0.4 is 5.19 Å². The lowest BCUT2D eigenvalue weighted by Gasteiger charge is -2.23. The Kier molecular flexibility index (Phi) is 3.53. The molecule has 0 saturated heterocycles. The van der Waals surface area contributed by atoms with Gasteiger partial charge in [-0.3, -0.25) is 0 Å². The molecule has 0 aliphatic carbocycles. The summed E-state index contributed by atoms with van der Waals surface area (Å²) in [6.45, 7) is 5.51. The second kappa shape index (κ2) is 4.61. The quantitative estimate of drug-likeness (QED) is 0.792. The molecule has 0 spiro atoms. The Labute approximate surface area is 122 Å². The van der Waals surface area contributed by atoms with Crippen LogP contribution in [0, 0.1) is 0 Å². The lowest BCUT2D eigenvalue weighted by Crippen LogP contribution is -2.43. The van der Waals surface area contributed by atoms with Crippen LogP contribution in [0.3, 0.4) is 0 Å². The molecule has 1 aromatic heterocycles. The summed E-state index contributed by atoms with van der Waals surface area (Å²) >= 11 is 0. The average Bonchev–Trinajstić information content (AvgIpc) is 2.67. The molecule has 21 heavy (non-hydrogen) atoms. The molecule has 0 saturated carbocycles. The standard InChI is InChI=1S/C13H16F3NO2SSi/c1-17-8-7-9-10(17)5-6-11(12(9)21(2,3)4)20(18,19)13(14,15)16/h5-8H,1-4H3. The Balaban J connectivity index is 2.95. The summed E-state index contributed by atoms with van der Waals surface area (Å²) in [5.41, 5.74) is -4.56. The second-order valence-electron chi connectivity index (χ2n) is 6.00. The molecular formula is C13H16F3NO2SSi. The minimum atomic E-state index is -5.35. The van der Waals surface area contributed by atoms with Gasteiger partial charge in [-0.2, -0.15) is 13.2 Å². The molecule has 0 atom stereocenters. The summed E-state index contributed by atoms with van der Waals surface area (Å²) in [5.74, 6) is 0. The van der Waals surface area contributed by atoms with Crippen LogP contribution in [0.5, 0.6) is 0 Å². The number of sulfone groups is 1. The zero-order valence-corrected chi connectivity index (χ0v) is 13.9. The van der Waals surface area contributed by atoms with Gasteiger partial charge in [0.15, 0.2) is 0 Å². The summed E-state index contributed by atoms with van der Waals surface area (Å²) in [5, 5.41) is 0.917. The number of alkyl halides is 3. The van der Waals surface area contributed by atoms with Crippen molar-refractivity contribution < 1.29 is 21.6 Å². The first kappa shape index (κ1) is 16.1. The van der Waals surface area contributed by atoms with Crippen molar-refractivity contribution >= 4 is 34.0 Å². The second-order valence-corrected chi connectivity index (χ2v) is 12.9. The highest BCUT2D eigenvalue weighted by molar-refractivity contribution is 7.92. The van der Waals surface area contributed by atoms with E-state index in [2.05, 4.69) is 0 Å². The van der Waals surface area contributed by atoms with Gasteiger partial charge in [0.05, 0.1) is 13.0 Å². The van der Waals surface area contributed by atoms with Gasteiger partial charge in [0, 0.05) is 24.1 Å². The smallest absolute Gasteiger partial charge is 0.351 e. The number of aromatic nitrogens is 1. The highest BCUT2D eigenvalue weighted by Crippen LogP contribution is 2.32. The number of hydrogen-bond donors (Lipinski definition) is 0. The minimum Gasteiger partial charge on any atom is -0.351 e. The number of hydrogen-bond acceptors (Lipinski definition) is 2.